The zero-order valence-electron chi connectivity index (χ0n) is 10.9. The molecule has 21 heavy (non-hydrogen) atoms. The molecule has 0 spiro atoms. The van der Waals surface area contributed by atoms with Gasteiger partial charge in [-0.05, 0) is 30.2 Å². The third-order valence-corrected chi connectivity index (χ3v) is 3.74. The number of fused-ring (bicyclic) bond motifs is 1. The molecule has 0 radical (unpaired) electrons. The molecule has 2 aromatic rings. The fourth-order valence-corrected chi connectivity index (χ4v) is 2.36. The second-order valence-corrected chi connectivity index (χ2v) is 5.10. The molecule has 0 saturated heterocycles. The summed E-state index contributed by atoms with van der Waals surface area (Å²) < 4.78 is 31.1. The number of rotatable bonds is 1. The van der Waals surface area contributed by atoms with Crippen LogP contribution < -0.4 is 10.1 Å². The molecule has 0 fully saturated rings. The fourth-order valence-electron chi connectivity index (χ4n) is 2.13. The summed E-state index contributed by atoms with van der Waals surface area (Å²) in [5, 5.41) is 2.65. The van der Waals surface area contributed by atoms with Crippen LogP contribution in [-0.2, 0) is 4.79 Å². The maximum Gasteiger partial charge on any atom is 0.482 e. The Bertz CT molecular complexity index is 746. The number of halogens is 3. The van der Waals surface area contributed by atoms with Gasteiger partial charge in [-0.1, -0.05) is 35.9 Å². The van der Waals surface area contributed by atoms with Gasteiger partial charge in [0.2, 0.25) is 0 Å². The van der Waals surface area contributed by atoms with Crippen molar-refractivity contribution in [1.29, 1.82) is 0 Å². The van der Waals surface area contributed by atoms with Gasteiger partial charge in [0.1, 0.15) is 0 Å². The fraction of sp³-hybridized carbons (Fsp3) is 0.133. The lowest BCUT2D eigenvalue weighted by Gasteiger charge is -2.25. The van der Waals surface area contributed by atoms with E-state index >= 15 is 0 Å². The first-order valence-corrected chi connectivity index (χ1v) is 6.54. The van der Waals surface area contributed by atoms with Gasteiger partial charge < -0.3 is 10.1 Å². The van der Waals surface area contributed by atoms with Gasteiger partial charge in [-0.3, -0.25) is 4.79 Å². The summed E-state index contributed by atoms with van der Waals surface area (Å²) >= 11 is 6.23. The van der Waals surface area contributed by atoms with Gasteiger partial charge >= 0.3 is 12.0 Å². The zero-order valence-corrected chi connectivity index (χ0v) is 11.7. The summed E-state index contributed by atoms with van der Waals surface area (Å²) in [6.07, 6.45) is -3.87. The van der Waals surface area contributed by atoms with Crippen molar-refractivity contribution in [2.75, 3.05) is 5.32 Å². The summed E-state index contributed by atoms with van der Waals surface area (Å²) in [5.74, 6) is -1.56. The van der Waals surface area contributed by atoms with Crippen molar-refractivity contribution in [2.24, 2.45) is 0 Å². The Kier molecular flexibility index (Phi) is 3.10. The number of hydrogen-bond acceptors (Lipinski definition) is 2. The number of carbonyl (C=O) groups is 1. The molecular formula is C15H10ClF2NO2. The Balaban J connectivity index is 2.08. The molecule has 2 aromatic carbocycles. The minimum absolute atomic E-state index is 0.0883. The zero-order chi connectivity index (χ0) is 15.2. The smallest absolute Gasteiger partial charge is 0.423 e. The summed E-state index contributed by atoms with van der Waals surface area (Å²) in [6.45, 7) is 1.86. The molecule has 0 atom stereocenters. The van der Waals surface area contributed by atoms with Crippen LogP contribution >= 0.6 is 11.6 Å². The van der Waals surface area contributed by atoms with E-state index in [4.69, 9.17) is 11.6 Å². The van der Waals surface area contributed by atoms with E-state index in [1.807, 2.05) is 19.1 Å². The van der Waals surface area contributed by atoms with Crippen molar-refractivity contribution in [3.63, 3.8) is 0 Å². The molecule has 0 bridgehead atoms. The van der Waals surface area contributed by atoms with Crippen LogP contribution in [-0.4, -0.2) is 12.0 Å². The number of amides is 1. The van der Waals surface area contributed by atoms with E-state index in [-0.39, 0.29) is 11.4 Å². The standard InChI is InChI=1S/C15H10ClF2NO2/c1-8-3-2-4-10(13(8)16)9-5-6-11-12(7-9)21-15(17,18)14(20)19-11/h2-7H,1H3,(H,19,20). The Morgan fingerprint density at radius 2 is 2.00 bits per heavy atom. The number of nitrogens with one attached hydrogen (secondary N) is 1. The van der Waals surface area contributed by atoms with E-state index in [0.29, 0.717) is 16.1 Å². The predicted molar refractivity (Wildman–Crippen MR) is 75.8 cm³/mol. The molecule has 0 aromatic heterocycles. The van der Waals surface area contributed by atoms with Crippen LogP contribution in [0.15, 0.2) is 36.4 Å². The van der Waals surface area contributed by atoms with Crippen LogP contribution in [0, 0.1) is 6.92 Å². The monoisotopic (exact) mass is 309 g/mol. The number of aryl methyl sites for hydroxylation is 1. The number of alkyl halides is 2. The third-order valence-electron chi connectivity index (χ3n) is 3.24. The molecule has 0 saturated carbocycles. The second-order valence-electron chi connectivity index (χ2n) is 4.72. The van der Waals surface area contributed by atoms with E-state index in [2.05, 4.69) is 10.1 Å². The first kappa shape index (κ1) is 13.8. The first-order valence-electron chi connectivity index (χ1n) is 6.16. The van der Waals surface area contributed by atoms with E-state index in [9.17, 15) is 13.6 Å². The van der Waals surface area contributed by atoms with Gasteiger partial charge in [-0.25, -0.2) is 0 Å². The largest absolute Gasteiger partial charge is 0.482 e. The predicted octanol–water partition coefficient (Wildman–Crippen LogP) is 4.24. The number of ether oxygens (including phenoxy) is 1. The number of carbonyl (C=O) groups excluding carboxylic acids is 1. The minimum atomic E-state index is -3.87. The van der Waals surface area contributed by atoms with Crippen LogP contribution in [0.3, 0.4) is 0 Å². The van der Waals surface area contributed by atoms with Crippen molar-refractivity contribution < 1.29 is 18.3 Å². The van der Waals surface area contributed by atoms with Crippen molar-refractivity contribution in [3.05, 3.63) is 47.0 Å². The van der Waals surface area contributed by atoms with E-state index in [1.165, 1.54) is 12.1 Å². The number of benzene rings is 2. The quantitative estimate of drug-likeness (QED) is 0.855. The van der Waals surface area contributed by atoms with Crippen LogP contribution in [0.4, 0.5) is 14.5 Å². The highest BCUT2D eigenvalue weighted by atomic mass is 35.5. The van der Waals surface area contributed by atoms with Crippen molar-refractivity contribution in [2.45, 2.75) is 13.0 Å². The van der Waals surface area contributed by atoms with Crippen LogP contribution in [0.1, 0.15) is 5.56 Å². The van der Waals surface area contributed by atoms with E-state index < -0.39 is 12.0 Å². The molecule has 108 valence electrons. The van der Waals surface area contributed by atoms with E-state index in [0.717, 1.165) is 5.56 Å². The lowest BCUT2D eigenvalue weighted by Crippen LogP contribution is -2.43. The molecule has 3 nitrogen and oxygen atoms in total. The van der Waals surface area contributed by atoms with Crippen LogP contribution in [0.2, 0.25) is 5.02 Å². The summed E-state index contributed by atoms with van der Waals surface area (Å²) in [7, 11) is 0. The van der Waals surface area contributed by atoms with Gasteiger partial charge in [0.15, 0.2) is 5.75 Å². The Morgan fingerprint density at radius 1 is 1.24 bits per heavy atom. The van der Waals surface area contributed by atoms with E-state index in [1.54, 1.807) is 12.1 Å². The highest BCUT2D eigenvalue weighted by Gasteiger charge is 2.46. The van der Waals surface area contributed by atoms with Gasteiger partial charge in [0, 0.05) is 5.56 Å². The average Bonchev–Trinajstić information content (AvgIpc) is 2.42. The number of hydrogen-bond donors (Lipinski definition) is 1. The molecule has 0 aliphatic carbocycles. The third kappa shape index (κ3) is 2.34. The topological polar surface area (TPSA) is 38.3 Å². The molecule has 6 heteroatoms. The highest BCUT2D eigenvalue weighted by Crippen LogP contribution is 2.39. The summed E-state index contributed by atoms with van der Waals surface area (Å²) in [5.41, 5.74) is 2.43. The van der Waals surface area contributed by atoms with Crippen molar-refractivity contribution >= 4 is 23.2 Å². The Morgan fingerprint density at radius 3 is 2.76 bits per heavy atom. The molecule has 3 rings (SSSR count). The second kappa shape index (κ2) is 4.70. The summed E-state index contributed by atoms with van der Waals surface area (Å²) in [4.78, 5) is 11.1. The molecule has 1 N–H and O–H groups in total. The lowest BCUT2D eigenvalue weighted by molar-refractivity contribution is -0.189. The Labute approximate surface area is 124 Å². The molecule has 1 heterocycles. The minimum Gasteiger partial charge on any atom is -0.423 e. The molecule has 1 aliphatic rings. The lowest BCUT2D eigenvalue weighted by atomic mass is 10.0. The van der Waals surface area contributed by atoms with Crippen LogP contribution in [0.25, 0.3) is 11.1 Å². The van der Waals surface area contributed by atoms with Gasteiger partial charge in [0.05, 0.1) is 10.7 Å². The molecule has 1 aliphatic heterocycles. The number of anilines is 1. The van der Waals surface area contributed by atoms with Gasteiger partial charge in [-0.15, -0.1) is 0 Å². The van der Waals surface area contributed by atoms with Crippen LogP contribution in [0.5, 0.6) is 5.75 Å². The SMILES string of the molecule is Cc1cccc(-c2ccc3c(c2)OC(F)(F)C(=O)N3)c1Cl. The maximum atomic E-state index is 13.3. The van der Waals surface area contributed by atoms with Crippen molar-refractivity contribution in [1.82, 2.24) is 0 Å². The maximum absolute atomic E-state index is 13.3. The molecular weight excluding hydrogens is 300 g/mol. The highest BCUT2D eigenvalue weighted by molar-refractivity contribution is 6.34. The average molecular weight is 310 g/mol. The van der Waals surface area contributed by atoms with Gasteiger partial charge in [-0.2, -0.15) is 8.78 Å². The Hall–Kier alpha value is -2.14. The van der Waals surface area contributed by atoms with Crippen molar-refractivity contribution in [3.8, 4) is 16.9 Å². The first-order chi connectivity index (χ1) is 9.88. The molecule has 0 unspecified atom stereocenters. The summed E-state index contributed by atoms with van der Waals surface area (Å²) in [6, 6.07) is 10.1. The normalized spacial score (nSPS) is 15.9. The van der Waals surface area contributed by atoms with Gasteiger partial charge in [0.25, 0.3) is 0 Å². The molecule has 1 amide bonds.